The van der Waals surface area contributed by atoms with Gasteiger partial charge in [0, 0.05) is 26.1 Å². The summed E-state index contributed by atoms with van der Waals surface area (Å²) in [7, 11) is -3.57. The van der Waals surface area contributed by atoms with Gasteiger partial charge in [-0.3, -0.25) is 0 Å². The molecule has 1 fully saturated rings. The molecule has 0 amide bonds. The predicted molar refractivity (Wildman–Crippen MR) is 85.0 cm³/mol. The lowest BCUT2D eigenvalue weighted by atomic mass is 10.1. The second-order valence-corrected chi connectivity index (χ2v) is 8.06. The van der Waals surface area contributed by atoms with Crippen molar-refractivity contribution >= 4 is 10.2 Å². The zero-order valence-corrected chi connectivity index (χ0v) is 14.7. The van der Waals surface area contributed by atoms with Crippen molar-refractivity contribution in [2.24, 2.45) is 0 Å². The highest BCUT2D eigenvalue weighted by molar-refractivity contribution is 7.87. The van der Waals surface area contributed by atoms with Gasteiger partial charge in [-0.15, -0.1) is 0 Å². The second-order valence-electron chi connectivity index (χ2n) is 6.35. The van der Waals surface area contributed by atoms with Crippen LogP contribution in [0.2, 0.25) is 0 Å². The Hall–Kier alpha value is -1.03. The third-order valence-corrected chi connectivity index (χ3v) is 5.81. The predicted octanol–water partition coefficient (Wildman–Crippen LogP) is 0.619. The largest absolute Gasteiger partial charge is 0.373 e. The molecule has 0 aliphatic carbocycles. The van der Waals surface area contributed by atoms with Crippen LogP contribution in [0, 0.1) is 0 Å². The molecule has 0 spiro atoms. The SMILES string of the molecule is CCc1nc2n(n1)CCC[C@@H]2NS(=O)(=O)N1C[C@H](C)O[C@@H](C)C1. The third-order valence-electron chi connectivity index (χ3n) is 4.25. The summed E-state index contributed by atoms with van der Waals surface area (Å²) in [6.07, 6.45) is 2.19. The van der Waals surface area contributed by atoms with Crippen LogP contribution in [-0.2, 0) is 27.9 Å². The van der Waals surface area contributed by atoms with Gasteiger partial charge in [0.15, 0.2) is 5.82 Å². The minimum Gasteiger partial charge on any atom is -0.373 e. The molecule has 1 aromatic rings. The Morgan fingerprint density at radius 2 is 2.00 bits per heavy atom. The van der Waals surface area contributed by atoms with Crippen molar-refractivity contribution in [2.75, 3.05) is 13.1 Å². The van der Waals surface area contributed by atoms with E-state index in [1.54, 1.807) is 0 Å². The van der Waals surface area contributed by atoms with E-state index in [4.69, 9.17) is 4.74 Å². The van der Waals surface area contributed by atoms with Gasteiger partial charge >= 0.3 is 0 Å². The number of nitrogens with one attached hydrogen (secondary N) is 1. The Balaban J connectivity index is 1.77. The summed E-state index contributed by atoms with van der Waals surface area (Å²) in [6, 6.07) is -0.310. The number of fused-ring (bicyclic) bond motifs is 1. The number of ether oxygens (including phenoxy) is 1. The number of nitrogens with zero attached hydrogens (tertiary/aromatic N) is 4. The smallest absolute Gasteiger partial charge is 0.280 e. The van der Waals surface area contributed by atoms with E-state index < -0.39 is 10.2 Å². The average molecular weight is 343 g/mol. The first-order valence-corrected chi connectivity index (χ1v) is 9.69. The molecular formula is C14H25N5O3S. The van der Waals surface area contributed by atoms with Gasteiger partial charge in [-0.1, -0.05) is 6.92 Å². The van der Waals surface area contributed by atoms with Crippen LogP contribution in [0.4, 0.5) is 0 Å². The maximum absolute atomic E-state index is 12.7. The van der Waals surface area contributed by atoms with E-state index in [-0.39, 0.29) is 18.2 Å². The van der Waals surface area contributed by atoms with Gasteiger partial charge < -0.3 is 4.74 Å². The van der Waals surface area contributed by atoms with Crippen molar-refractivity contribution in [1.29, 1.82) is 0 Å². The molecule has 3 rings (SSSR count). The minimum atomic E-state index is -3.57. The minimum absolute atomic E-state index is 0.1000. The van der Waals surface area contributed by atoms with Gasteiger partial charge in [-0.2, -0.15) is 22.5 Å². The number of hydrogen-bond donors (Lipinski definition) is 1. The zero-order valence-electron chi connectivity index (χ0n) is 13.9. The van der Waals surface area contributed by atoms with Crippen LogP contribution in [0.25, 0.3) is 0 Å². The summed E-state index contributed by atoms with van der Waals surface area (Å²) < 4.78 is 37.2. The summed E-state index contributed by atoms with van der Waals surface area (Å²) in [4.78, 5) is 4.49. The Labute approximate surface area is 137 Å². The fourth-order valence-corrected chi connectivity index (χ4v) is 4.79. The topological polar surface area (TPSA) is 89.3 Å². The van der Waals surface area contributed by atoms with Crippen LogP contribution < -0.4 is 4.72 Å². The van der Waals surface area contributed by atoms with E-state index in [1.165, 1.54) is 4.31 Å². The normalized spacial score (nSPS) is 29.4. The van der Waals surface area contributed by atoms with Crippen LogP contribution >= 0.6 is 0 Å². The van der Waals surface area contributed by atoms with E-state index in [2.05, 4.69) is 14.8 Å². The monoisotopic (exact) mass is 343 g/mol. The van der Waals surface area contributed by atoms with Crippen molar-refractivity contribution in [3.05, 3.63) is 11.6 Å². The molecule has 2 aliphatic heterocycles. The average Bonchev–Trinajstić information content (AvgIpc) is 2.90. The molecule has 3 heterocycles. The van der Waals surface area contributed by atoms with Gasteiger partial charge in [0.2, 0.25) is 0 Å². The lowest BCUT2D eigenvalue weighted by molar-refractivity contribution is -0.0445. The number of rotatable bonds is 4. The van der Waals surface area contributed by atoms with Gasteiger partial charge in [-0.05, 0) is 26.7 Å². The van der Waals surface area contributed by atoms with Gasteiger partial charge in [0.1, 0.15) is 5.82 Å². The fourth-order valence-electron chi connectivity index (χ4n) is 3.24. The molecule has 0 aromatic carbocycles. The van der Waals surface area contributed by atoms with Gasteiger partial charge in [0.25, 0.3) is 10.2 Å². The first kappa shape index (κ1) is 16.8. The molecule has 1 saturated heterocycles. The highest BCUT2D eigenvalue weighted by atomic mass is 32.2. The van der Waals surface area contributed by atoms with Gasteiger partial charge in [-0.25, -0.2) is 9.67 Å². The van der Waals surface area contributed by atoms with E-state index in [0.717, 1.165) is 37.5 Å². The molecular weight excluding hydrogens is 318 g/mol. The van der Waals surface area contributed by atoms with E-state index in [1.807, 2.05) is 25.5 Å². The molecule has 1 N–H and O–H groups in total. The molecule has 2 aliphatic rings. The summed E-state index contributed by atoms with van der Waals surface area (Å²) in [5.74, 6) is 1.49. The maximum atomic E-state index is 12.7. The molecule has 0 bridgehead atoms. The Kier molecular flexibility index (Phi) is 4.73. The van der Waals surface area contributed by atoms with E-state index in [0.29, 0.717) is 13.1 Å². The molecule has 8 nitrogen and oxygen atoms in total. The highest BCUT2D eigenvalue weighted by Crippen LogP contribution is 2.25. The summed E-state index contributed by atoms with van der Waals surface area (Å²) in [5.41, 5.74) is 0. The van der Waals surface area contributed by atoms with Crippen LogP contribution in [0.5, 0.6) is 0 Å². The standard InChI is InChI=1S/C14H25N5O3S/c1-4-13-15-14-12(6-5-7-19(14)16-13)17-23(20,21)18-8-10(2)22-11(3)9-18/h10-12,17H,4-9H2,1-3H3/t10-,11-,12-/m0/s1. The maximum Gasteiger partial charge on any atom is 0.280 e. The zero-order chi connectivity index (χ0) is 16.6. The Morgan fingerprint density at radius 3 is 2.65 bits per heavy atom. The highest BCUT2D eigenvalue weighted by Gasteiger charge is 2.34. The molecule has 1 aromatic heterocycles. The van der Waals surface area contributed by atoms with Crippen molar-refractivity contribution in [2.45, 2.75) is 64.8 Å². The molecule has 130 valence electrons. The Bertz CT molecular complexity index is 649. The molecule has 23 heavy (non-hydrogen) atoms. The lowest BCUT2D eigenvalue weighted by Crippen LogP contribution is -2.52. The first-order valence-electron chi connectivity index (χ1n) is 8.25. The van der Waals surface area contributed by atoms with Gasteiger partial charge in [0.05, 0.1) is 18.2 Å². The van der Waals surface area contributed by atoms with Crippen molar-refractivity contribution in [3.63, 3.8) is 0 Å². The third kappa shape index (κ3) is 3.57. The molecule has 0 saturated carbocycles. The molecule has 3 atom stereocenters. The van der Waals surface area contributed by atoms with Crippen LogP contribution in [0.1, 0.15) is 51.3 Å². The number of morpholine rings is 1. The van der Waals surface area contributed by atoms with E-state index in [9.17, 15) is 8.42 Å². The lowest BCUT2D eigenvalue weighted by Gasteiger charge is -2.35. The summed E-state index contributed by atoms with van der Waals surface area (Å²) >= 11 is 0. The summed E-state index contributed by atoms with van der Waals surface area (Å²) in [5, 5.41) is 4.42. The Morgan fingerprint density at radius 1 is 1.30 bits per heavy atom. The summed E-state index contributed by atoms with van der Waals surface area (Å²) in [6.45, 7) is 7.33. The number of aromatic nitrogens is 3. The molecule has 0 unspecified atom stereocenters. The van der Waals surface area contributed by atoms with Crippen LogP contribution in [-0.4, -0.2) is 52.8 Å². The van der Waals surface area contributed by atoms with Crippen molar-refractivity contribution < 1.29 is 13.2 Å². The number of aryl methyl sites for hydroxylation is 2. The van der Waals surface area contributed by atoms with Crippen LogP contribution in [0.15, 0.2) is 0 Å². The van der Waals surface area contributed by atoms with Crippen molar-refractivity contribution in [1.82, 2.24) is 23.8 Å². The van der Waals surface area contributed by atoms with Crippen molar-refractivity contribution in [3.8, 4) is 0 Å². The molecule has 9 heteroatoms. The molecule has 0 radical (unpaired) electrons. The fraction of sp³-hybridized carbons (Fsp3) is 0.857. The number of hydrogen-bond acceptors (Lipinski definition) is 5. The second kappa shape index (κ2) is 6.46. The van der Waals surface area contributed by atoms with E-state index >= 15 is 0 Å². The quantitative estimate of drug-likeness (QED) is 0.866. The first-order chi connectivity index (χ1) is 10.9. The van der Waals surface area contributed by atoms with Crippen LogP contribution in [0.3, 0.4) is 0 Å².